The molecule has 2 atom stereocenters. The van der Waals surface area contributed by atoms with Crippen LogP contribution >= 0.6 is 0 Å². The van der Waals surface area contributed by atoms with Crippen LogP contribution in [-0.2, 0) is 0 Å². The van der Waals surface area contributed by atoms with Gasteiger partial charge in [-0.25, -0.2) is 0 Å². The molecule has 0 saturated carbocycles. The first-order valence-electron chi connectivity index (χ1n) is 4.15. The fraction of sp³-hybridized carbons (Fsp3) is 0.778. The third-order valence-electron chi connectivity index (χ3n) is 1.89. The van der Waals surface area contributed by atoms with Crippen LogP contribution in [0.3, 0.4) is 0 Å². The second-order valence-corrected chi connectivity index (χ2v) is 2.68. The van der Waals surface area contributed by atoms with Gasteiger partial charge in [0.2, 0.25) is 0 Å². The summed E-state index contributed by atoms with van der Waals surface area (Å²) < 4.78 is 0. The maximum absolute atomic E-state index is 8.72. The molecule has 0 radical (unpaired) electrons. The van der Waals surface area contributed by atoms with E-state index in [1.807, 2.05) is 6.92 Å². The lowest BCUT2D eigenvalue weighted by atomic mass is 9.95. The van der Waals surface area contributed by atoms with Gasteiger partial charge in [-0.15, -0.1) is 0 Å². The van der Waals surface area contributed by atoms with Gasteiger partial charge in [0.05, 0.1) is 18.0 Å². The molecule has 2 unspecified atom stereocenters. The third kappa shape index (κ3) is 3.18. The maximum Gasteiger partial charge on any atom is 0.0684 e. The molecule has 0 aromatic heterocycles. The lowest BCUT2D eigenvalue weighted by molar-refractivity contribution is 0.470. The molecule has 2 nitrogen and oxygen atoms in total. The Bertz CT molecular complexity index is 146. The van der Waals surface area contributed by atoms with Gasteiger partial charge in [-0.1, -0.05) is 20.3 Å². The molecule has 0 heterocycles. The van der Waals surface area contributed by atoms with Crippen LogP contribution in [0.4, 0.5) is 0 Å². The lowest BCUT2D eigenvalue weighted by Gasteiger charge is -2.14. The van der Waals surface area contributed by atoms with E-state index in [0.717, 1.165) is 19.3 Å². The number of hydrogen-bond donors (Lipinski definition) is 0. The number of aliphatic imine (C=N–C) groups is 1. The zero-order valence-electron chi connectivity index (χ0n) is 7.38. The van der Waals surface area contributed by atoms with Gasteiger partial charge < -0.3 is 0 Å². The molecule has 0 N–H and O–H groups in total. The Hall–Kier alpha value is -0.840. The van der Waals surface area contributed by atoms with Crippen molar-refractivity contribution in [2.75, 3.05) is 0 Å². The summed E-state index contributed by atoms with van der Waals surface area (Å²) in [7, 11) is 0. The molecule has 0 aromatic carbocycles. The molecule has 0 spiro atoms. The van der Waals surface area contributed by atoms with Crippen molar-refractivity contribution in [3.05, 3.63) is 0 Å². The summed E-state index contributed by atoms with van der Waals surface area (Å²) >= 11 is 0. The highest BCUT2D eigenvalue weighted by Crippen LogP contribution is 2.15. The standard InChI is InChI=1S/C9H16N2/c1-4-6-9(11-3)8(5-2)7-10/h8-9H,3-6H2,1-2H3. The predicted octanol–water partition coefficient (Wildman–Crippen LogP) is 2.41. The number of nitriles is 1. The summed E-state index contributed by atoms with van der Waals surface area (Å²) in [5.74, 6) is 0.0625. The lowest BCUT2D eigenvalue weighted by Crippen LogP contribution is -2.15. The molecule has 0 bridgehead atoms. The van der Waals surface area contributed by atoms with E-state index in [2.05, 4.69) is 24.7 Å². The Balaban J connectivity index is 4.00. The van der Waals surface area contributed by atoms with Gasteiger partial charge in [0.25, 0.3) is 0 Å². The summed E-state index contributed by atoms with van der Waals surface area (Å²) in [6.07, 6.45) is 2.93. The molecule has 0 aliphatic carbocycles. The Labute approximate surface area is 68.9 Å². The molecule has 0 amide bonds. The van der Waals surface area contributed by atoms with E-state index in [0.29, 0.717) is 0 Å². The van der Waals surface area contributed by atoms with Crippen molar-refractivity contribution in [1.82, 2.24) is 0 Å². The van der Waals surface area contributed by atoms with E-state index in [-0.39, 0.29) is 12.0 Å². The van der Waals surface area contributed by atoms with Crippen LogP contribution in [0.15, 0.2) is 4.99 Å². The van der Waals surface area contributed by atoms with Gasteiger partial charge in [-0.05, 0) is 19.6 Å². The highest BCUT2D eigenvalue weighted by atomic mass is 14.8. The van der Waals surface area contributed by atoms with Crippen molar-refractivity contribution in [3.63, 3.8) is 0 Å². The molecule has 0 saturated heterocycles. The van der Waals surface area contributed by atoms with Gasteiger partial charge in [0.15, 0.2) is 0 Å². The van der Waals surface area contributed by atoms with Gasteiger partial charge in [-0.2, -0.15) is 5.26 Å². The topological polar surface area (TPSA) is 36.1 Å². The van der Waals surface area contributed by atoms with E-state index in [1.54, 1.807) is 0 Å². The van der Waals surface area contributed by atoms with Gasteiger partial charge in [0.1, 0.15) is 0 Å². The molecule has 0 fully saturated rings. The molecule has 0 aromatic rings. The normalized spacial score (nSPS) is 15.0. The summed E-state index contributed by atoms with van der Waals surface area (Å²) in [5, 5.41) is 8.72. The van der Waals surface area contributed by atoms with Gasteiger partial charge >= 0.3 is 0 Å². The number of rotatable bonds is 5. The summed E-state index contributed by atoms with van der Waals surface area (Å²) in [5.41, 5.74) is 0. The van der Waals surface area contributed by atoms with E-state index >= 15 is 0 Å². The highest BCUT2D eigenvalue weighted by Gasteiger charge is 2.15. The quantitative estimate of drug-likeness (QED) is 0.557. The van der Waals surface area contributed by atoms with Crippen molar-refractivity contribution < 1.29 is 0 Å². The second kappa shape index (κ2) is 5.91. The van der Waals surface area contributed by atoms with Crippen LogP contribution in [0, 0.1) is 17.2 Å². The third-order valence-corrected chi connectivity index (χ3v) is 1.89. The second-order valence-electron chi connectivity index (χ2n) is 2.68. The monoisotopic (exact) mass is 152 g/mol. The Morgan fingerprint density at radius 1 is 1.55 bits per heavy atom. The fourth-order valence-corrected chi connectivity index (χ4v) is 1.16. The SMILES string of the molecule is C=NC(CCC)C(C#N)CC. The van der Waals surface area contributed by atoms with Crippen LogP contribution in [0.25, 0.3) is 0 Å². The fourth-order valence-electron chi connectivity index (χ4n) is 1.16. The maximum atomic E-state index is 8.72. The predicted molar refractivity (Wildman–Crippen MR) is 47.6 cm³/mol. The van der Waals surface area contributed by atoms with E-state index < -0.39 is 0 Å². The average molecular weight is 152 g/mol. The Morgan fingerprint density at radius 3 is 2.45 bits per heavy atom. The summed E-state index contributed by atoms with van der Waals surface area (Å²) in [6, 6.07) is 2.40. The zero-order valence-corrected chi connectivity index (χ0v) is 7.38. The van der Waals surface area contributed by atoms with Gasteiger partial charge in [-0.3, -0.25) is 4.99 Å². The highest BCUT2D eigenvalue weighted by molar-refractivity contribution is 5.24. The van der Waals surface area contributed by atoms with Crippen molar-refractivity contribution >= 4 is 6.72 Å². The molecule has 0 aliphatic heterocycles. The smallest absolute Gasteiger partial charge is 0.0684 e. The average Bonchev–Trinajstić information content (AvgIpc) is 2.05. The number of nitrogens with zero attached hydrogens (tertiary/aromatic N) is 2. The molecule has 0 rings (SSSR count). The minimum Gasteiger partial charge on any atom is -0.296 e. The molecular formula is C9H16N2. The first kappa shape index (κ1) is 10.2. The molecule has 11 heavy (non-hydrogen) atoms. The van der Waals surface area contributed by atoms with Crippen molar-refractivity contribution in [3.8, 4) is 6.07 Å². The van der Waals surface area contributed by atoms with Crippen molar-refractivity contribution in [1.29, 1.82) is 5.26 Å². The zero-order chi connectivity index (χ0) is 8.69. The molecule has 62 valence electrons. The van der Waals surface area contributed by atoms with Crippen LogP contribution in [-0.4, -0.2) is 12.8 Å². The van der Waals surface area contributed by atoms with Crippen LogP contribution in [0.5, 0.6) is 0 Å². The van der Waals surface area contributed by atoms with E-state index in [9.17, 15) is 0 Å². The van der Waals surface area contributed by atoms with Crippen molar-refractivity contribution in [2.24, 2.45) is 10.9 Å². The summed E-state index contributed by atoms with van der Waals surface area (Å²) in [4.78, 5) is 3.95. The molecule has 0 aliphatic rings. The Kier molecular flexibility index (Phi) is 5.46. The van der Waals surface area contributed by atoms with Crippen LogP contribution < -0.4 is 0 Å². The minimum atomic E-state index is 0.0625. The Morgan fingerprint density at radius 2 is 2.18 bits per heavy atom. The first-order valence-corrected chi connectivity index (χ1v) is 4.15. The van der Waals surface area contributed by atoms with E-state index in [4.69, 9.17) is 5.26 Å². The van der Waals surface area contributed by atoms with Gasteiger partial charge in [0, 0.05) is 0 Å². The van der Waals surface area contributed by atoms with E-state index in [1.165, 1.54) is 0 Å². The summed E-state index contributed by atoms with van der Waals surface area (Å²) in [6.45, 7) is 7.61. The largest absolute Gasteiger partial charge is 0.296 e. The minimum absolute atomic E-state index is 0.0625. The van der Waals surface area contributed by atoms with Crippen LogP contribution in [0.2, 0.25) is 0 Å². The van der Waals surface area contributed by atoms with Crippen LogP contribution in [0.1, 0.15) is 33.1 Å². The molecule has 2 heteroatoms. The molecular weight excluding hydrogens is 136 g/mol. The first-order chi connectivity index (χ1) is 5.29. The van der Waals surface area contributed by atoms with Crippen molar-refractivity contribution in [2.45, 2.75) is 39.2 Å². The number of hydrogen-bond acceptors (Lipinski definition) is 2.